The Morgan fingerprint density at radius 1 is 0.613 bits per heavy atom. The highest BCUT2D eigenvalue weighted by Crippen LogP contribution is 2.46. The summed E-state index contributed by atoms with van der Waals surface area (Å²) in [6.07, 6.45) is 5.33. The molecule has 0 aromatic heterocycles. The average Bonchev–Trinajstić information content (AvgIpc) is 3.99. The van der Waals surface area contributed by atoms with Crippen molar-refractivity contribution in [2.24, 2.45) is 11.8 Å². The van der Waals surface area contributed by atoms with Gasteiger partial charge in [-0.05, 0) is 104 Å². The molecule has 9 rings (SSSR count). The van der Waals surface area contributed by atoms with Crippen molar-refractivity contribution < 1.29 is 42.1 Å². The van der Waals surface area contributed by atoms with E-state index in [0.717, 1.165) is 60.8 Å². The van der Waals surface area contributed by atoms with Gasteiger partial charge >= 0.3 is 0 Å². The van der Waals surface area contributed by atoms with E-state index in [-0.39, 0.29) is 83.0 Å². The Labute approximate surface area is 481 Å². The summed E-state index contributed by atoms with van der Waals surface area (Å²) in [6, 6.07) is 51.8. The van der Waals surface area contributed by atoms with Crippen LogP contribution < -0.4 is 25.5 Å². The van der Waals surface area contributed by atoms with Crippen molar-refractivity contribution >= 4 is 43.7 Å². The molecule has 12 atom stereocenters. The Kier molecular flexibility index (Phi) is 19.6. The van der Waals surface area contributed by atoms with Gasteiger partial charge in [-0.25, -0.2) is 0 Å². The van der Waals surface area contributed by atoms with Gasteiger partial charge in [0.15, 0.2) is 0 Å². The summed E-state index contributed by atoms with van der Waals surface area (Å²) in [5, 5.41) is 4.49. The Morgan fingerprint density at radius 2 is 1.16 bits per heavy atom. The van der Waals surface area contributed by atoms with Gasteiger partial charge in [0.1, 0.15) is 12.0 Å². The van der Waals surface area contributed by atoms with Gasteiger partial charge in [0.25, 0.3) is 16.6 Å². The number of aldehydes is 1. The van der Waals surface area contributed by atoms with Gasteiger partial charge in [0.2, 0.25) is 0 Å². The van der Waals surface area contributed by atoms with Crippen molar-refractivity contribution in [3.63, 3.8) is 0 Å². The zero-order valence-electron chi connectivity index (χ0n) is 49.2. The van der Waals surface area contributed by atoms with Crippen molar-refractivity contribution in [1.29, 1.82) is 0 Å². The molecule has 0 saturated carbocycles. The molecule has 7 unspecified atom stereocenters. The second-order valence-corrected chi connectivity index (χ2v) is 33.9. The summed E-state index contributed by atoms with van der Waals surface area (Å²) in [7, 11) is -4.31. The molecule has 11 heteroatoms. The van der Waals surface area contributed by atoms with Gasteiger partial charge < -0.3 is 42.1 Å². The summed E-state index contributed by atoms with van der Waals surface area (Å²) in [6.45, 7) is 28.6. The topological polar surface area (TPSA) is 90.9 Å². The maximum atomic E-state index is 11.2. The van der Waals surface area contributed by atoms with Crippen LogP contribution in [0.3, 0.4) is 0 Å². The van der Waals surface area contributed by atoms with Crippen molar-refractivity contribution in [3.8, 4) is 5.75 Å². The van der Waals surface area contributed by atoms with E-state index in [9.17, 15) is 4.79 Å². The molecular weight excluding hydrogens is 1030 g/mol. The Hall–Kier alpha value is -4.80. The maximum absolute atomic E-state index is 11.2. The summed E-state index contributed by atoms with van der Waals surface area (Å²) in [4.78, 5) is 11.2. The molecule has 4 fully saturated rings. The van der Waals surface area contributed by atoms with E-state index in [1.54, 1.807) is 7.11 Å². The predicted molar refractivity (Wildman–Crippen MR) is 327 cm³/mol. The summed E-state index contributed by atoms with van der Waals surface area (Å²) in [5.74, 6) is 0.999. The second kappa shape index (κ2) is 26.2. The zero-order valence-corrected chi connectivity index (χ0v) is 51.2. The molecule has 428 valence electrons. The molecule has 0 N–H and O–H groups in total. The smallest absolute Gasteiger partial charge is 0.261 e. The number of rotatable bonds is 22. The third-order valence-electron chi connectivity index (χ3n) is 17.9. The van der Waals surface area contributed by atoms with Gasteiger partial charge in [0.05, 0.1) is 74.8 Å². The minimum Gasteiger partial charge on any atom is -0.497 e. The first kappa shape index (κ1) is 59.8. The van der Waals surface area contributed by atoms with Crippen LogP contribution >= 0.6 is 0 Å². The summed E-state index contributed by atoms with van der Waals surface area (Å²) in [5.41, 5.74) is 3.26. The lowest BCUT2D eigenvalue weighted by molar-refractivity contribution is -0.276. The van der Waals surface area contributed by atoms with Crippen molar-refractivity contribution in [1.82, 2.24) is 0 Å². The molecule has 4 saturated heterocycles. The minimum absolute atomic E-state index is 0.0208. The van der Waals surface area contributed by atoms with Gasteiger partial charge in [-0.3, -0.25) is 0 Å². The van der Waals surface area contributed by atoms with Gasteiger partial charge in [-0.2, -0.15) is 0 Å². The van der Waals surface area contributed by atoms with Crippen LogP contribution in [0.4, 0.5) is 0 Å². The summed E-state index contributed by atoms with van der Waals surface area (Å²) >= 11 is 0. The Balaban J connectivity index is 1.05. The van der Waals surface area contributed by atoms with Crippen molar-refractivity contribution in [3.05, 3.63) is 175 Å². The third kappa shape index (κ3) is 13.0. The van der Waals surface area contributed by atoms with Crippen LogP contribution in [-0.4, -0.2) is 97.7 Å². The maximum Gasteiger partial charge on any atom is 0.261 e. The Morgan fingerprint density at radius 3 is 1.70 bits per heavy atom. The molecule has 0 spiro atoms. The fourth-order valence-corrected chi connectivity index (χ4v) is 23.0. The fraction of sp³-hybridized carbons (Fsp3) is 0.493. The summed E-state index contributed by atoms with van der Waals surface area (Å²) < 4.78 is 57.4. The highest BCUT2D eigenvalue weighted by molar-refractivity contribution is 7.00. The molecule has 0 aliphatic carbocycles. The van der Waals surface area contributed by atoms with E-state index in [1.165, 1.54) is 20.7 Å². The molecule has 5 aromatic carbocycles. The quantitative estimate of drug-likeness (QED) is 0.0382. The van der Waals surface area contributed by atoms with Crippen LogP contribution in [-0.2, 0) is 43.9 Å². The molecule has 9 nitrogen and oxygen atoms in total. The van der Waals surface area contributed by atoms with Gasteiger partial charge in [-0.15, -0.1) is 0 Å². The van der Waals surface area contributed by atoms with E-state index in [0.29, 0.717) is 38.9 Å². The molecule has 4 heterocycles. The first-order chi connectivity index (χ1) is 38.4. The van der Waals surface area contributed by atoms with Crippen LogP contribution in [0.5, 0.6) is 5.75 Å². The molecule has 80 heavy (non-hydrogen) atoms. The second-order valence-electron chi connectivity index (χ2n) is 25.3. The largest absolute Gasteiger partial charge is 0.497 e. The fourth-order valence-electron chi connectivity index (χ4n) is 13.7. The number of methoxy groups -OCH3 is 1. The van der Waals surface area contributed by atoms with Crippen LogP contribution in [0, 0.1) is 11.8 Å². The monoisotopic (exact) mass is 1120 g/mol. The number of carbonyl (C=O) groups is 1. The first-order valence-corrected chi connectivity index (χ1v) is 33.5. The normalized spacial score (nSPS) is 27.6. The Bertz CT molecular complexity index is 2680. The van der Waals surface area contributed by atoms with E-state index >= 15 is 0 Å². The van der Waals surface area contributed by atoms with Crippen LogP contribution in [0.1, 0.15) is 119 Å². The average molecular weight is 1120 g/mol. The molecule has 4 aliphatic rings. The number of carbonyl (C=O) groups excluding carboxylic acids is 1. The predicted octanol–water partition coefficient (Wildman–Crippen LogP) is 12.3. The van der Waals surface area contributed by atoms with Gasteiger partial charge in [-0.1, -0.05) is 202 Å². The van der Waals surface area contributed by atoms with E-state index < -0.39 is 16.6 Å². The lowest BCUT2D eigenvalue weighted by atomic mass is 9.79. The minimum atomic E-state index is -3.10. The van der Waals surface area contributed by atoms with Gasteiger partial charge in [0, 0.05) is 31.8 Å². The number of fused-ring (bicyclic) bond motifs is 1. The third-order valence-corrected chi connectivity index (χ3v) is 28.0. The van der Waals surface area contributed by atoms with Crippen LogP contribution in [0.15, 0.2) is 170 Å². The number of ether oxygens (including phenoxy) is 6. The molecule has 4 aliphatic heterocycles. The molecule has 0 bridgehead atoms. The number of benzene rings is 5. The van der Waals surface area contributed by atoms with E-state index in [4.69, 9.17) is 43.9 Å². The van der Waals surface area contributed by atoms with E-state index in [1.807, 2.05) is 12.1 Å². The highest BCUT2D eigenvalue weighted by atomic mass is 28.4. The van der Waals surface area contributed by atoms with Crippen molar-refractivity contribution in [2.75, 3.05) is 13.7 Å². The first-order valence-electron chi connectivity index (χ1n) is 29.7. The molecule has 0 radical (unpaired) electrons. The van der Waals surface area contributed by atoms with Crippen molar-refractivity contribution in [2.45, 2.75) is 191 Å². The zero-order chi connectivity index (χ0) is 56.7. The standard InChI is InChI=1S/C69H90O9Si2/c1-48-43-55(38-39-60-49(2)44-54(74-60)25-24-41-70)75-62(50(48)3)45-64-66(72-47-52-34-36-53(71-11)37-35-52)51(4)67-65(76-64)46-63(78-80(69(8,9)10,58-30-20-14-21-31-58)59-32-22-15-23-33-59)61(77-67)40-42-73-79(68(5,6)7,56-26-16-12-17-27-56)57-28-18-13-19-29-57/h12-23,26-37,41,48,51,54-55,60-67H,2-3,24-25,38-40,42-47H2,1,4-11H3/t48-,51-,54?,55+,60+,61?,62?,63?,64+,65?,66?,67?/m1/s1. The van der Waals surface area contributed by atoms with Crippen LogP contribution in [0.2, 0.25) is 10.1 Å². The lowest BCUT2D eigenvalue weighted by Gasteiger charge is -2.54. The van der Waals surface area contributed by atoms with Crippen LogP contribution in [0.25, 0.3) is 0 Å². The molecule has 5 aromatic rings. The molecule has 0 amide bonds. The SMILES string of the molecule is C=C1C(C[C@@H]2OC3CC(O[Si](c4ccccc4)(c4ccccc4)C(C)(C)C)C(CCO[Si](c4ccccc4)(c4ccccc4)C(C)(C)C)OC3[C@H](C)C2OCc2ccc(OC)cc2)O[C@@H](CC[C@@H]2OC(CCC=O)CC2=C)C[C@H]1C. The number of hydrogen-bond acceptors (Lipinski definition) is 9. The van der Waals surface area contributed by atoms with E-state index in [2.05, 4.69) is 195 Å². The number of hydrogen-bond donors (Lipinski definition) is 0. The molecular formula is C69H90O9Si2. The highest BCUT2D eigenvalue weighted by Gasteiger charge is 2.57. The lowest BCUT2D eigenvalue weighted by Crippen LogP contribution is -2.70.